The lowest BCUT2D eigenvalue weighted by atomic mass is 9.99. The fraction of sp³-hybridized carbons (Fsp3) is 0.650. The average molecular weight is 383 g/mol. The Labute approximate surface area is 159 Å². The number of carbonyl (C=O) groups excluding carboxylic acids is 1. The van der Waals surface area contributed by atoms with Gasteiger partial charge >= 0.3 is 0 Å². The van der Waals surface area contributed by atoms with Gasteiger partial charge in [0.05, 0.1) is 11.9 Å². The van der Waals surface area contributed by atoms with E-state index in [-0.39, 0.29) is 5.91 Å². The van der Waals surface area contributed by atoms with E-state index < -0.39 is 16.1 Å². The van der Waals surface area contributed by atoms with Crippen LogP contribution in [0.2, 0.25) is 0 Å². The fourth-order valence-corrected chi connectivity index (χ4v) is 4.38. The first-order valence-electron chi connectivity index (χ1n) is 9.45. The molecule has 0 radical (unpaired) electrons. The van der Waals surface area contributed by atoms with Gasteiger partial charge in [0.2, 0.25) is 15.9 Å². The number of sulfonamides is 1. The number of anilines is 1. The molecule has 1 N–H and O–H groups in total. The van der Waals surface area contributed by atoms with Crippen LogP contribution in [0.5, 0.6) is 0 Å². The van der Waals surface area contributed by atoms with E-state index in [2.05, 4.69) is 19.2 Å². The molecule has 148 valence electrons. The summed E-state index contributed by atoms with van der Waals surface area (Å²) in [6.45, 7) is 10.3. The first kappa shape index (κ1) is 22.5. The highest BCUT2D eigenvalue weighted by atomic mass is 32.2. The van der Waals surface area contributed by atoms with Crippen molar-refractivity contribution in [2.45, 2.75) is 66.3 Å². The largest absolute Gasteiger partial charge is 0.354 e. The summed E-state index contributed by atoms with van der Waals surface area (Å²) in [6, 6.07) is 4.78. The van der Waals surface area contributed by atoms with Crippen LogP contribution < -0.4 is 9.62 Å². The zero-order valence-electron chi connectivity index (χ0n) is 17.0. The predicted molar refractivity (Wildman–Crippen MR) is 109 cm³/mol. The Morgan fingerprint density at radius 2 is 1.73 bits per heavy atom. The molecule has 0 saturated heterocycles. The minimum absolute atomic E-state index is 0.260. The molecule has 0 heterocycles. The van der Waals surface area contributed by atoms with Gasteiger partial charge in [0.1, 0.15) is 6.04 Å². The van der Waals surface area contributed by atoms with Crippen LogP contribution in [-0.4, -0.2) is 33.2 Å². The Bertz CT molecular complexity index is 681. The Morgan fingerprint density at radius 1 is 1.15 bits per heavy atom. The molecule has 0 fully saturated rings. The third-order valence-corrected chi connectivity index (χ3v) is 5.90. The van der Waals surface area contributed by atoms with E-state index in [1.165, 1.54) is 4.31 Å². The van der Waals surface area contributed by atoms with E-state index in [4.69, 9.17) is 0 Å². The standard InChI is InChI=1S/C20H34N2O3S/c1-7-9-10-18(8-2)14-21-20(23)17(5)22(26(6,24)25)19-12-15(3)11-16(4)13-19/h11-13,17-18H,7-10,14H2,1-6H3,(H,21,23)/t17-,18-/m1/s1. The van der Waals surface area contributed by atoms with Gasteiger partial charge < -0.3 is 5.32 Å². The van der Waals surface area contributed by atoms with E-state index in [9.17, 15) is 13.2 Å². The quantitative estimate of drug-likeness (QED) is 0.669. The first-order chi connectivity index (χ1) is 12.1. The van der Waals surface area contributed by atoms with Gasteiger partial charge in [-0.25, -0.2) is 8.42 Å². The molecule has 0 aromatic heterocycles. The Morgan fingerprint density at radius 3 is 2.19 bits per heavy atom. The van der Waals surface area contributed by atoms with E-state index >= 15 is 0 Å². The lowest BCUT2D eigenvalue weighted by molar-refractivity contribution is -0.122. The van der Waals surface area contributed by atoms with Gasteiger partial charge in [0, 0.05) is 6.54 Å². The van der Waals surface area contributed by atoms with E-state index in [1.807, 2.05) is 19.9 Å². The molecule has 1 aromatic carbocycles. The molecular formula is C20H34N2O3S. The summed E-state index contributed by atoms with van der Waals surface area (Å²) in [5, 5.41) is 2.95. The molecule has 0 unspecified atom stereocenters. The molecule has 1 aromatic rings. The Kier molecular flexibility index (Phi) is 8.60. The van der Waals surface area contributed by atoms with Crippen LogP contribution in [0.1, 0.15) is 57.6 Å². The average Bonchev–Trinajstić information content (AvgIpc) is 2.52. The SMILES string of the molecule is CCCC[C@@H](CC)CNC(=O)[C@@H](C)N(c1cc(C)cc(C)c1)S(C)(=O)=O. The predicted octanol–water partition coefficient (Wildman–Crippen LogP) is 3.79. The molecule has 1 rings (SSSR count). The maximum Gasteiger partial charge on any atom is 0.243 e. The molecule has 5 nitrogen and oxygen atoms in total. The van der Waals surface area contributed by atoms with Gasteiger partial charge in [-0.1, -0.05) is 39.2 Å². The normalized spacial score (nSPS) is 13.9. The van der Waals surface area contributed by atoms with Crippen molar-refractivity contribution in [3.8, 4) is 0 Å². The summed E-state index contributed by atoms with van der Waals surface area (Å²) >= 11 is 0. The zero-order valence-corrected chi connectivity index (χ0v) is 17.8. The summed E-state index contributed by atoms with van der Waals surface area (Å²) in [6.07, 6.45) is 5.50. The molecule has 0 bridgehead atoms. The molecule has 6 heteroatoms. The summed E-state index contributed by atoms with van der Waals surface area (Å²) in [5.74, 6) is 0.170. The molecule has 0 saturated carbocycles. The highest BCUT2D eigenvalue weighted by molar-refractivity contribution is 7.92. The molecule has 26 heavy (non-hydrogen) atoms. The summed E-state index contributed by atoms with van der Waals surface area (Å²) in [7, 11) is -3.58. The molecule has 0 aliphatic heterocycles. The van der Waals surface area contributed by atoms with Crippen molar-refractivity contribution in [3.05, 3.63) is 29.3 Å². The van der Waals surface area contributed by atoms with Gasteiger partial charge in [-0.15, -0.1) is 0 Å². The van der Waals surface area contributed by atoms with Crippen molar-refractivity contribution in [3.63, 3.8) is 0 Å². The molecular weight excluding hydrogens is 348 g/mol. The topological polar surface area (TPSA) is 66.5 Å². The maximum absolute atomic E-state index is 12.7. The number of aryl methyl sites for hydroxylation is 2. The van der Waals surface area contributed by atoms with Gasteiger partial charge in [0.25, 0.3) is 0 Å². The molecule has 0 aliphatic rings. The minimum Gasteiger partial charge on any atom is -0.354 e. The minimum atomic E-state index is -3.58. The van der Waals surface area contributed by atoms with Crippen molar-refractivity contribution in [1.29, 1.82) is 0 Å². The monoisotopic (exact) mass is 382 g/mol. The van der Waals surface area contributed by atoms with E-state index in [0.717, 1.165) is 43.1 Å². The highest BCUT2D eigenvalue weighted by Crippen LogP contribution is 2.24. The maximum atomic E-state index is 12.7. The van der Waals surface area contributed by atoms with Crippen molar-refractivity contribution in [2.24, 2.45) is 5.92 Å². The number of hydrogen-bond donors (Lipinski definition) is 1. The number of benzene rings is 1. The zero-order chi connectivity index (χ0) is 19.9. The number of nitrogens with one attached hydrogen (secondary N) is 1. The smallest absolute Gasteiger partial charge is 0.243 e. The fourth-order valence-electron chi connectivity index (χ4n) is 3.22. The number of rotatable bonds is 10. The van der Waals surface area contributed by atoms with E-state index in [0.29, 0.717) is 18.2 Å². The van der Waals surface area contributed by atoms with Gasteiger partial charge in [-0.3, -0.25) is 9.10 Å². The van der Waals surface area contributed by atoms with Crippen molar-refractivity contribution in [2.75, 3.05) is 17.1 Å². The third-order valence-electron chi connectivity index (χ3n) is 4.66. The molecule has 0 spiro atoms. The van der Waals surface area contributed by atoms with Gasteiger partial charge in [-0.05, 0) is 56.4 Å². The lowest BCUT2D eigenvalue weighted by Crippen LogP contribution is -2.48. The summed E-state index contributed by atoms with van der Waals surface area (Å²) in [5.41, 5.74) is 2.46. The van der Waals surface area contributed by atoms with Crippen molar-refractivity contribution >= 4 is 21.6 Å². The van der Waals surface area contributed by atoms with Crippen LogP contribution in [0.4, 0.5) is 5.69 Å². The molecule has 2 atom stereocenters. The Balaban J connectivity index is 2.96. The molecule has 0 aliphatic carbocycles. The van der Waals surface area contributed by atoms with Crippen molar-refractivity contribution < 1.29 is 13.2 Å². The van der Waals surface area contributed by atoms with Crippen LogP contribution in [-0.2, 0) is 14.8 Å². The highest BCUT2D eigenvalue weighted by Gasteiger charge is 2.29. The van der Waals surface area contributed by atoms with Crippen molar-refractivity contribution in [1.82, 2.24) is 5.32 Å². The number of carbonyl (C=O) groups is 1. The Hall–Kier alpha value is -1.56. The number of unbranched alkanes of at least 4 members (excludes halogenated alkanes) is 1. The van der Waals surface area contributed by atoms with E-state index in [1.54, 1.807) is 19.1 Å². The van der Waals surface area contributed by atoms with Gasteiger partial charge in [0.15, 0.2) is 0 Å². The van der Waals surface area contributed by atoms with Gasteiger partial charge in [-0.2, -0.15) is 0 Å². The number of amides is 1. The second-order valence-electron chi connectivity index (χ2n) is 7.24. The summed E-state index contributed by atoms with van der Waals surface area (Å²) in [4.78, 5) is 12.7. The second kappa shape index (κ2) is 9.95. The van der Waals surface area contributed by atoms with Crippen LogP contribution in [0.25, 0.3) is 0 Å². The van der Waals surface area contributed by atoms with Crippen LogP contribution in [0, 0.1) is 19.8 Å². The third kappa shape index (κ3) is 6.63. The molecule has 1 amide bonds. The lowest BCUT2D eigenvalue weighted by Gasteiger charge is -2.29. The van der Waals surface area contributed by atoms with Crippen LogP contribution in [0.15, 0.2) is 18.2 Å². The number of hydrogen-bond acceptors (Lipinski definition) is 3. The number of nitrogens with zero attached hydrogens (tertiary/aromatic N) is 1. The van der Waals surface area contributed by atoms with Crippen LogP contribution in [0.3, 0.4) is 0 Å². The van der Waals surface area contributed by atoms with Crippen LogP contribution >= 0.6 is 0 Å². The summed E-state index contributed by atoms with van der Waals surface area (Å²) < 4.78 is 26.0. The first-order valence-corrected chi connectivity index (χ1v) is 11.3. The second-order valence-corrected chi connectivity index (χ2v) is 9.10.